The predicted molar refractivity (Wildman–Crippen MR) is 60.2 cm³/mol. The molecular weight excluding hydrogens is 176 g/mol. The highest BCUT2D eigenvalue weighted by Crippen LogP contribution is 2.32. The van der Waals surface area contributed by atoms with Crippen LogP contribution in [0.5, 0.6) is 0 Å². The van der Waals surface area contributed by atoms with Crippen LogP contribution in [0, 0.1) is 5.92 Å². The minimum atomic E-state index is -0.668. The van der Waals surface area contributed by atoms with E-state index >= 15 is 0 Å². The van der Waals surface area contributed by atoms with E-state index in [0.717, 1.165) is 32.1 Å². The Morgan fingerprint density at radius 2 is 1.64 bits per heavy atom. The fourth-order valence-corrected chi connectivity index (χ4v) is 2.35. The summed E-state index contributed by atoms with van der Waals surface area (Å²) in [6.07, 6.45) is 3.70. The largest absolute Gasteiger partial charge is 0.393 e. The highest BCUT2D eigenvalue weighted by molar-refractivity contribution is 4.88. The van der Waals surface area contributed by atoms with Gasteiger partial charge in [-0.05, 0) is 25.7 Å². The van der Waals surface area contributed by atoms with Crippen molar-refractivity contribution in [3.8, 4) is 0 Å². The molecule has 0 saturated heterocycles. The maximum absolute atomic E-state index is 10.4. The molecule has 2 N–H and O–H groups in total. The summed E-state index contributed by atoms with van der Waals surface area (Å²) in [4.78, 5) is 0. The average molecular weight is 202 g/mol. The summed E-state index contributed by atoms with van der Waals surface area (Å²) in [7, 11) is 0. The molecule has 0 rings (SSSR count). The molecule has 0 aromatic heterocycles. The minimum Gasteiger partial charge on any atom is -0.393 e. The molecule has 86 valence electrons. The van der Waals surface area contributed by atoms with Crippen LogP contribution < -0.4 is 0 Å². The third-order valence-corrected chi connectivity index (χ3v) is 3.31. The Bertz CT molecular complexity index is 147. The van der Waals surface area contributed by atoms with Gasteiger partial charge in [-0.2, -0.15) is 0 Å². The van der Waals surface area contributed by atoms with Crippen LogP contribution >= 0.6 is 0 Å². The van der Waals surface area contributed by atoms with Crippen LogP contribution in [0.15, 0.2) is 0 Å². The number of aliphatic hydroxyl groups excluding tert-OH is 1. The fraction of sp³-hybridized carbons (Fsp3) is 1.00. The van der Waals surface area contributed by atoms with E-state index in [1.54, 1.807) is 0 Å². The van der Waals surface area contributed by atoms with Crippen LogP contribution in [-0.4, -0.2) is 21.9 Å². The standard InChI is InChI=1S/C12H26O2/c1-5-9-12(14,8-4)10(6-2)11(13)7-3/h10-11,13-14H,5-9H2,1-4H3. The SMILES string of the molecule is CCCC(O)(CC)C(CC)C(O)CC. The zero-order chi connectivity index (χ0) is 11.2. The summed E-state index contributed by atoms with van der Waals surface area (Å²) in [5, 5.41) is 20.3. The van der Waals surface area contributed by atoms with Crippen LogP contribution in [-0.2, 0) is 0 Å². The van der Waals surface area contributed by atoms with Gasteiger partial charge in [-0.15, -0.1) is 0 Å². The molecule has 2 heteroatoms. The van der Waals surface area contributed by atoms with Crippen LogP contribution in [0.4, 0.5) is 0 Å². The van der Waals surface area contributed by atoms with Gasteiger partial charge in [0.05, 0.1) is 11.7 Å². The second-order valence-corrected chi connectivity index (χ2v) is 4.20. The first-order valence-electron chi connectivity index (χ1n) is 5.96. The summed E-state index contributed by atoms with van der Waals surface area (Å²) >= 11 is 0. The molecule has 3 unspecified atom stereocenters. The first-order chi connectivity index (χ1) is 6.55. The lowest BCUT2D eigenvalue weighted by molar-refractivity contribution is -0.0821. The Morgan fingerprint density at radius 3 is 1.93 bits per heavy atom. The van der Waals surface area contributed by atoms with Gasteiger partial charge in [0, 0.05) is 5.92 Å². The summed E-state index contributed by atoms with van der Waals surface area (Å²) in [5.41, 5.74) is -0.668. The number of rotatable bonds is 7. The van der Waals surface area contributed by atoms with Gasteiger partial charge < -0.3 is 10.2 Å². The maximum atomic E-state index is 10.4. The van der Waals surface area contributed by atoms with Crippen molar-refractivity contribution in [1.82, 2.24) is 0 Å². The van der Waals surface area contributed by atoms with E-state index in [2.05, 4.69) is 6.92 Å². The maximum Gasteiger partial charge on any atom is 0.0697 e. The van der Waals surface area contributed by atoms with Crippen molar-refractivity contribution in [3.63, 3.8) is 0 Å². The zero-order valence-corrected chi connectivity index (χ0v) is 10.1. The number of hydrogen-bond donors (Lipinski definition) is 2. The topological polar surface area (TPSA) is 40.5 Å². The van der Waals surface area contributed by atoms with E-state index in [9.17, 15) is 10.2 Å². The molecule has 0 amide bonds. The lowest BCUT2D eigenvalue weighted by Gasteiger charge is -2.37. The van der Waals surface area contributed by atoms with Crippen LogP contribution in [0.1, 0.15) is 59.8 Å². The van der Waals surface area contributed by atoms with Gasteiger partial charge >= 0.3 is 0 Å². The van der Waals surface area contributed by atoms with Gasteiger partial charge in [-0.3, -0.25) is 0 Å². The normalized spacial score (nSPS) is 20.1. The second-order valence-electron chi connectivity index (χ2n) is 4.20. The molecule has 0 aromatic rings. The number of hydrogen-bond acceptors (Lipinski definition) is 2. The third-order valence-electron chi connectivity index (χ3n) is 3.31. The third kappa shape index (κ3) is 3.25. The molecule has 0 radical (unpaired) electrons. The van der Waals surface area contributed by atoms with E-state index in [-0.39, 0.29) is 12.0 Å². The lowest BCUT2D eigenvalue weighted by atomic mass is 9.76. The van der Waals surface area contributed by atoms with Crippen molar-refractivity contribution in [3.05, 3.63) is 0 Å². The lowest BCUT2D eigenvalue weighted by Crippen LogP contribution is -2.43. The van der Waals surface area contributed by atoms with Crippen LogP contribution in [0.3, 0.4) is 0 Å². The van der Waals surface area contributed by atoms with Crippen molar-refractivity contribution in [1.29, 1.82) is 0 Å². The van der Waals surface area contributed by atoms with E-state index in [0.29, 0.717) is 0 Å². The molecule has 0 aliphatic carbocycles. The van der Waals surface area contributed by atoms with Crippen molar-refractivity contribution in [2.45, 2.75) is 71.5 Å². The summed E-state index contributed by atoms with van der Waals surface area (Å²) < 4.78 is 0. The fourth-order valence-electron chi connectivity index (χ4n) is 2.35. The van der Waals surface area contributed by atoms with E-state index in [1.165, 1.54) is 0 Å². The Morgan fingerprint density at radius 1 is 1.07 bits per heavy atom. The van der Waals surface area contributed by atoms with Gasteiger partial charge in [-0.1, -0.05) is 34.1 Å². The Hall–Kier alpha value is -0.0800. The quantitative estimate of drug-likeness (QED) is 0.666. The number of aliphatic hydroxyl groups is 2. The summed E-state index contributed by atoms with van der Waals surface area (Å²) in [5.74, 6) is 0.0254. The molecule has 0 heterocycles. The monoisotopic (exact) mass is 202 g/mol. The van der Waals surface area contributed by atoms with E-state index in [4.69, 9.17) is 0 Å². The van der Waals surface area contributed by atoms with Crippen LogP contribution in [0.2, 0.25) is 0 Å². The van der Waals surface area contributed by atoms with Crippen molar-refractivity contribution in [2.24, 2.45) is 5.92 Å². The van der Waals surface area contributed by atoms with Gasteiger partial charge in [0.15, 0.2) is 0 Å². The Kier molecular flexibility index (Phi) is 6.38. The second kappa shape index (κ2) is 6.41. The van der Waals surface area contributed by atoms with E-state index in [1.807, 2.05) is 20.8 Å². The predicted octanol–water partition coefficient (Wildman–Crippen LogP) is 2.72. The van der Waals surface area contributed by atoms with Gasteiger partial charge in [0.2, 0.25) is 0 Å². The molecule has 0 aliphatic rings. The van der Waals surface area contributed by atoms with Crippen LogP contribution in [0.25, 0.3) is 0 Å². The smallest absolute Gasteiger partial charge is 0.0697 e. The molecule has 2 nitrogen and oxygen atoms in total. The highest BCUT2D eigenvalue weighted by Gasteiger charge is 2.36. The van der Waals surface area contributed by atoms with Crippen molar-refractivity contribution >= 4 is 0 Å². The molecule has 0 spiro atoms. The molecule has 3 atom stereocenters. The Labute approximate surface area is 88.3 Å². The van der Waals surface area contributed by atoms with E-state index < -0.39 is 5.60 Å². The first kappa shape index (κ1) is 13.9. The van der Waals surface area contributed by atoms with Gasteiger partial charge in [0.1, 0.15) is 0 Å². The summed E-state index contributed by atoms with van der Waals surface area (Å²) in [6.45, 7) is 8.08. The Balaban J connectivity index is 4.57. The molecule has 0 saturated carbocycles. The molecule has 0 bridgehead atoms. The molecule has 14 heavy (non-hydrogen) atoms. The van der Waals surface area contributed by atoms with Crippen molar-refractivity contribution in [2.75, 3.05) is 0 Å². The van der Waals surface area contributed by atoms with Gasteiger partial charge in [-0.25, -0.2) is 0 Å². The molecule has 0 fully saturated rings. The van der Waals surface area contributed by atoms with Crippen molar-refractivity contribution < 1.29 is 10.2 Å². The molecule has 0 aromatic carbocycles. The highest BCUT2D eigenvalue weighted by atomic mass is 16.3. The first-order valence-corrected chi connectivity index (χ1v) is 5.96. The average Bonchev–Trinajstić information content (AvgIpc) is 2.19. The van der Waals surface area contributed by atoms with Gasteiger partial charge in [0.25, 0.3) is 0 Å². The molecule has 0 aliphatic heterocycles. The minimum absolute atomic E-state index is 0.0254. The zero-order valence-electron chi connectivity index (χ0n) is 10.1. The molecular formula is C12H26O2. The summed E-state index contributed by atoms with van der Waals surface area (Å²) in [6, 6.07) is 0.